The minimum atomic E-state index is 0.0205. The monoisotopic (exact) mass is 378 g/mol. The van der Waals surface area contributed by atoms with Gasteiger partial charge in [-0.1, -0.05) is 0 Å². The zero-order valence-electron chi connectivity index (χ0n) is 10.9. The maximum atomic E-state index is 12.1. The maximum Gasteiger partial charge on any atom is 0.224 e. The molecule has 2 fully saturated rings. The Labute approximate surface area is 126 Å². The van der Waals surface area contributed by atoms with Crippen molar-refractivity contribution < 1.29 is 9.53 Å². The number of halogens is 1. The Hall–Kier alpha value is -0.670. The molecule has 3 unspecified atom stereocenters. The van der Waals surface area contributed by atoms with Crippen LogP contribution in [-0.4, -0.2) is 47.5 Å². The molecule has 0 aliphatic carbocycles. The fourth-order valence-electron chi connectivity index (χ4n) is 2.40. The zero-order valence-corrected chi connectivity index (χ0v) is 13.0. The van der Waals surface area contributed by atoms with Crippen molar-refractivity contribution in [1.82, 2.24) is 10.2 Å². The van der Waals surface area contributed by atoms with Crippen molar-refractivity contribution in [1.29, 1.82) is 0 Å². The van der Waals surface area contributed by atoms with Gasteiger partial charge in [0.2, 0.25) is 5.91 Å². The Morgan fingerprint density at radius 1 is 1.68 bits per heavy atom. The molecule has 2 saturated heterocycles. The largest absolute Gasteiger partial charge is 0.403 e. The molecular formula is C12H19IN4O2. The van der Waals surface area contributed by atoms with Crippen LogP contribution in [-0.2, 0) is 9.53 Å². The molecule has 0 bridgehead atoms. The van der Waals surface area contributed by atoms with Crippen LogP contribution in [0.4, 0.5) is 0 Å². The van der Waals surface area contributed by atoms with Crippen LogP contribution < -0.4 is 11.1 Å². The highest BCUT2D eigenvalue weighted by Crippen LogP contribution is 2.36. The molecule has 2 aliphatic rings. The number of carbonyl (C=O) groups excluding carboxylic acids is 1. The van der Waals surface area contributed by atoms with Crippen molar-refractivity contribution in [3.8, 4) is 0 Å². The van der Waals surface area contributed by atoms with Gasteiger partial charge in [-0.25, -0.2) is 0 Å². The van der Waals surface area contributed by atoms with Crippen molar-refractivity contribution in [2.45, 2.75) is 25.2 Å². The van der Waals surface area contributed by atoms with Crippen LogP contribution in [0.5, 0.6) is 0 Å². The summed E-state index contributed by atoms with van der Waals surface area (Å²) >= 11 is 2.04. The molecule has 1 amide bonds. The first-order chi connectivity index (χ1) is 9.15. The van der Waals surface area contributed by atoms with E-state index < -0.39 is 0 Å². The van der Waals surface area contributed by atoms with Gasteiger partial charge in [-0.05, 0) is 36.1 Å². The third kappa shape index (κ3) is 3.90. The number of likely N-dealkylation sites (tertiary alicyclic amines) is 1. The van der Waals surface area contributed by atoms with E-state index in [0.29, 0.717) is 13.0 Å². The second-order valence-corrected chi connectivity index (χ2v) is 5.42. The summed E-state index contributed by atoms with van der Waals surface area (Å²) in [4.78, 5) is 18.3. The van der Waals surface area contributed by atoms with Crippen LogP contribution >= 0.6 is 22.6 Å². The second-order valence-electron chi connectivity index (χ2n) is 4.86. The fourth-order valence-corrected chi connectivity index (χ4v) is 2.76. The van der Waals surface area contributed by atoms with Gasteiger partial charge < -0.3 is 15.8 Å². The van der Waals surface area contributed by atoms with E-state index >= 15 is 0 Å². The van der Waals surface area contributed by atoms with Crippen LogP contribution in [0.3, 0.4) is 0 Å². The van der Waals surface area contributed by atoms with Crippen molar-refractivity contribution in [3.05, 3.63) is 11.9 Å². The molecule has 3 atom stereocenters. The molecule has 0 saturated carbocycles. The van der Waals surface area contributed by atoms with E-state index in [1.54, 1.807) is 4.22 Å². The van der Waals surface area contributed by atoms with E-state index in [1.807, 2.05) is 29.6 Å². The number of amides is 1. The van der Waals surface area contributed by atoms with E-state index in [1.165, 1.54) is 6.20 Å². The molecule has 3 N–H and O–H groups in total. The first kappa shape index (κ1) is 14.7. The number of carbonyl (C=O) groups is 1. The van der Waals surface area contributed by atoms with Gasteiger partial charge >= 0.3 is 0 Å². The van der Waals surface area contributed by atoms with E-state index in [-0.39, 0.29) is 24.2 Å². The van der Waals surface area contributed by atoms with Crippen LogP contribution in [0.15, 0.2) is 16.9 Å². The molecule has 0 spiro atoms. The average Bonchev–Trinajstić information content (AvgIpc) is 3.17. The fraction of sp³-hybridized carbons (Fsp3) is 0.667. The van der Waals surface area contributed by atoms with Crippen LogP contribution in [0.2, 0.25) is 0 Å². The SMILES string of the molecule is CN1CC(C(=O)NCCC(=C/N)/N=C\I)CC2OC21. The first-order valence-electron chi connectivity index (χ1n) is 6.32. The smallest absolute Gasteiger partial charge is 0.224 e. The third-order valence-corrected chi connectivity index (χ3v) is 3.75. The lowest BCUT2D eigenvalue weighted by Gasteiger charge is -2.25. The Bertz CT molecular complexity index is 399. The summed E-state index contributed by atoms with van der Waals surface area (Å²) in [6.07, 6.45) is 3.43. The minimum Gasteiger partial charge on any atom is -0.403 e. The Balaban J connectivity index is 1.72. The molecular weight excluding hydrogens is 359 g/mol. The Morgan fingerprint density at radius 3 is 3.11 bits per heavy atom. The summed E-state index contributed by atoms with van der Waals surface area (Å²) in [5.41, 5.74) is 6.22. The van der Waals surface area contributed by atoms with Gasteiger partial charge in [0.05, 0.1) is 15.8 Å². The molecule has 6 nitrogen and oxygen atoms in total. The molecule has 2 rings (SSSR count). The predicted molar refractivity (Wildman–Crippen MR) is 81.8 cm³/mol. The highest BCUT2D eigenvalue weighted by Gasteiger charge is 2.49. The number of epoxide rings is 1. The number of rotatable bonds is 5. The van der Waals surface area contributed by atoms with E-state index in [4.69, 9.17) is 10.5 Å². The number of nitrogens with one attached hydrogen (secondary N) is 1. The van der Waals surface area contributed by atoms with Gasteiger partial charge in [0.1, 0.15) is 12.3 Å². The summed E-state index contributed by atoms with van der Waals surface area (Å²) in [7, 11) is 1.99. The number of fused-ring (bicyclic) bond motifs is 1. The summed E-state index contributed by atoms with van der Waals surface area (Å²) in [5.74, 6) is 0.114. The lowest BCUT2D eigenvalue weighted by atomic mass is 9.97. The van der Waals surface area contributed by atoms with Gasteiger partial charge in [0.25, 0.3) is 0 Å². The normalized spacial score (nSPS) is 31.3. The van der Waals surface area contributed by atoms with Gasteiger partial charge in [0.15, 0.2) is 0 Å². The standard InChI is InChI=1S/C12H19IN4O2/c1-17-6-8(4-10-12(17)19-10)11(18)15-3-2-9(5-14)16-7-13/h5,7-8,10,12H,2-4,6,14H2,1H3,(H,15,18)/b9-5-,16-7-. The maximum absolute atomic E-state index is 12.1. The molecule has 2 aliphatic heterocycles. The van der Waals surface area contributed by atoms with Gasteiger partial charge in [-0.3, -0.25) is 14.7 Å². The Morgan fingerprint density at radius 2 is 2.47 bits per heavy atom. The number of ether oxygens (including phenoxy) is 1. The first-order valence-corrected chi connectivity index (χ1v) is 7.57. The van der Waals surface area contributed by atoms with E-state index in [0.717, 1.165) is 18.7 Å². The molecule has 0 aromatic carbocycles. The minimum absolute atomic E-state index is 0.0205. The number of nitrogens with two attached hydrogens (primary N) is 1. The number of aliphatic imine (C=N–C) groups is 1. The molecule has 0 aromatic rings. The van der Waals surface area contributed by atoms with Gasteiger partial charge in [0, 0.05) is 25.7 Å². The highest BCUT2D eigenvalue weighted by molar-refractivity contribution is 14.1. The quantitative estimate of drug-likeness (QED) is 0.413. The number of piperidine rings is 1. The third-order valence-electron chi connectivity index (χ3n) is 3.47. The number of hydrogen-bond acceptors (Lipinski definition) is 5. The molecule has 7 heteroatoms. The van der Waals surface area contributed by atoms with E-state index in [2.05, 4.69) is 15.2 Å². The van der Waals surface area contributed by atoms with E-state index in [9.17, 15) is 4.79 Å². The van der Waals surface area contributed by atoms with Crippen LogP contribution in [0.1, 0.15) is 12.8 Å². The summed E-state index contributed by atoms with van der Waals surface area (Å²) < 4.78 is 7.13. The lowest BCUT2D eigenvalue weighted by molar-refractivity contribution is -0.126. The molecule has 19 heavy (non-hydrogen) atoms. The number of nitrogens with zero attached hydrogens (tertiary/aromatic N) is 2. The van der Waals surface area contributed by atoms with Crippen molar-refractivity contribution in [2.24, 2.45) is 16.6 Å². The predicted octanol–water partition coefficient (Wildman–Crippen LogP) is 0.433. The van der Waals surface area contributed by atoms with Crippen LogP contribution in [0.25, 0.3) is 0 Å². The molecule has 2 heterocycles. The average molecular weight is 378 g/mol. The number of likely N-dealkylation sites (N-methyl/N-ethyl adjacent to an activating group) is 1. The second kappa shape index (κ2) is 6.67. The summed E-state index contributed by atoms with van der Waals surface area (Å²) in [6.45, 7) is 1.32. The molecule has 0 radical (unpaired) electrons. The number of hydrogen-bond donors (Lipinski definition) is 2. The van der Waals surface area contributed by atoms with Crippen LogP contribution in [0, 0.1) is 5.92 Å². The molecule has 0 aromatic heterocycles. The molecule has 106 valence electrons. The zero-order chi connectivity index (χ0) is 13.8. The lowest BCUT2D eigenvalue weighted by Crippen LogP contribution is -2.43. The summed E-state index contributed by atoms with van der Waals surface area (Å²) in [5, 5.41) is 2.94. The van der Waals surface area contributed by atoms with Crippen molar-refractivity contribution >= 4 is 32.7 Å². The van der Waals surface area contributed by atoms with Gasteiger partial charge in [-0.15, -0.1) is 0 Å². The topological polar surface area (TPSA) is 83.2 Å². The Kier molecular flexibility index (Phi) is 5.17. The summed E-state index contributed by atoms with van der Waals surface area (Å²) in [6, 6.07) is 0. The van der Waals surface area contributed by atoms with Gasteiger partial charge in [-0.2, -0.15) is 0 Å². The highest BCUT2D eigenvalue weighted by atomic mass is 127. The van der Waals surface area contributed by atoms with Crippen molar-refractivity contribution in [3.63, 3.8) is 0 Å². The van der Waals surface area contributed by atoms with Crippen molar-refractivity contribution in [2.75, 3.05) is 20.1 Å².